The van der Waals surface area contributed by atoms with E-state index in [4.69, 9.17) is 14.2 Å². The molecule has 0 fully saturated rings. The van der Waals surface area contributed by atoms with Crippen molar-refractivity contribution < 1.29 is 28.6 Å². The van der Waals surface area contributed by atoms with E-state index in [0.29, 0.717) is 19.3 Å². The van der Waals surface area contributed by atoms with Crippen LogP contribution in [-0.4, -0.2) is 37.2 Å². The minimum absolute atomic E-state index is 0.0637. The highest BCUT2D eigenvalue weighted by molar-refractivity contribution is 5.71. The van der Waals surface area contributed by atoms with Gasteiger partial charge in [0.1, 0.15) is 13.2 Å². The van der Waals surface area contributed by atoms with E-state index in [1.807, 2.05) is 0 Å². The summed E-state index contributed by atoms with van der Waals surface area (Å²) >= 11 is 0. The molecule has 0 aromatic carbocycles. The third-order valence-corrected chi connectivity index (χ3v) is 12.0. The maximum atomic E-state index is 12.8. The van der Waals surface area contributed by atoms with Crippen molar-refractivity contribution in [1.82, 2.24) is 0 Å². The summed E-state index contributed by atoms with van der Waals surface area (Å²) in [5.41, 5.74) is 0. The first-order valence-electron chi connectivity index (χ1n) is 26.2. The fourth-order valence-electron chi connectivity index (χ4n) is 7.99. The van der Waals surface area contributed by atoms with E-state index < -0.39 is 6.10 Å². The molecule has 0 N–H and O–H groups in total. The largest absolute Gasteiger partial charge is 0.462 e. The smallest absolute Gasteiger partial charge is 0.306 e. The number of hydrogen-bond acceptors (Lipinski definition) is 6. The molecule has 0 aliphatic heterocycles. The summed E-state index contributed by atoms with van der Waals surface area (Å²) in [4.78, 5) is 37.9. The molecule has 0 unspecified atom stereocenters. The zero-order chi connectivity index (χ0) is 43.3. The van der Waals surface area contributed by atoms with Gasteiger partial charge >= 0.3 is 17.9 Å². The molecule has 0 radical (unpaired) electrons. The van der Waals surface area contributed by atoms with Gasteiger partial charge in [0.05, 0.1) is 0 Å². The van der Waals surface area contributed by atoms with Gasteiger partial charge in [-0.25, -0.2) is 0 Å². The van der Waals surface area contributed by atoms with E-state index in [0.717, 1.165) is 69.6 Å². The fourth-order valence-corrected chi connectivity index (χ4v) is 7.99. The molecule has 0 heterocycles. The van der Waals surface area contributed by atoms with Crippen molar-refractivity contribution in [2.75, 3.05) is 13.2 Å². The van der Waals surface area contributed by atoms with Gasteiger partial charge in [0.2, 0.25) is 0 Å². The number of hydrogen-bond donors (Lipinski definition) is 0. The second-order valence-electron chi connectivity index (χ2n) is 19.1. The van der Waals surface area contributed by atoms with Gasteiger partial charge < -0.3 is 14.2 Å². The Labute approximate surface area is 368 Å². The number of rotatable bonds is 47. The van der Waals surface area contributed by atoms with Gasteiger partial charge in [-0.05, 0) is 31.1 Å². The van der Waals surface area contributed by atoms with Gasteiger partial charge in [-0.15, -0.1) is 0 Å². The number of carbonyl (C=O) groups excluding carboxylic acids is 3. The molecule has 0 aromatic rings. The second-order valence-corrected chi connectivity index (χ2v) is 19.1. The predicted octanol–water partition coefficient (Wildman–Crippen LogP) is 16.9. The standard InChI is InChI=1S/C53H102O6/c1-6-7-8-9-10-21-28-33-38-43-51(54)57-46-50(47-58-52(55)44-39-34-29-24-20-16-18-23-27-32-37-42-49(4)5)59-53(56)45-40-35-30-25-19-15-13-11-12-14-17-22-26-31-36-41-48(2)3/h48-50H,6-47H2,1-5H3/t50-/m0/s1. The molecule has 350 valence electrons. The van der Waals surface area contributed by atoms with E-state index in [1.165, 1.54) is 180 Å². The Morgan fingerprint density at radius 3 is 0.831 bits per heavy atom. The molecule has 0 saturated heterocycles. The van der Waals surface area contributed by atoms with Crippen molar-refractivity contribution in [2.45, 2.75) is 298 Å². The molecule has 0 amide bonds. The molecule has 59 heavy (non-hydrogen) atoms. The lowest BCUT2D eigenvalue weighted by Gasteiger charge is -2.18. The van der Waals surface area contributed by atoms with Crippen LogP contribution in [0.2, 0.25) is 0 Å². The number of ether oxygens (including phenoxy) is 3. The van der Waals surface area contributed by atoms with Crippen molar-refractivity contribution in [1.29, 1.82) is 0 Å². The molecule has 0 aliphatic carbocycles. The van der Waals surface area contributed by atoms with Crippen molar-refractivity contribution in [3.63, 3.8) is 0 Å². The zero-order valence-corrected chi connectivity index (χ0v) is 40.4. The Hall–Kier alpha value is -1.59. The van der Waals surface area contributed by atoms with Gasteiger partial charge in [0.15, 0.2) is 6.10 Å². The van der Waals surface area contributed by atoms with Crippen LogP contribution in [0.25, 0.3) is 0 Å². The van der Waals surface area contributed by atoms with E-state index in [9.17, 15) is 14.4 Å². The summed E-state index contributed by atoms with van der Waals surface area (Å²) in [7, 11) is 0. The Kier molecular flexibility index (Phi) is 44.7. The first-order valence-corrected chi connectivity index (χ1v) is 26.2. The minimum atomic E-state index is -0.761. The van der Waals surface area contributed by atoms with Gasteiger partial charge in [-0.2, -0.15) is 0 Å². The number of esters is 3. The third-order valence-electron chi connectivity index (χ3n) is 12.0. The van der Waals surface area contributed by atoms with Gasteiger partial charge in [0.25, 0.3) is 0 Å². The lowest BCUT2D eigenvalue weighted by Crippen LogP contribution is -2.30. The molecule has 1 atom stereocenters. The Morgan fingerprint density at radius 2 is 0.559 bits per heavy atom. The molecule has 6 nitrogen and oxygen atoms in total. The average molecular weight is 835 g/mol. The van der Waals surface area contributed by atoms with Crippen LogP contribution >= 0.6 is 0 Å². The fraction of sp³-hybridized carbons (Fsp3) is 0.943. The Bertz CT molecular complexity index is 900. The van der Waals surface area contributed by atoms with Crippen LogP contribution in [0, 0.1) is 11.8 Å². The first-order chi connectivity index (χ1) is 28.7. The number of carbonyl (C=O) groups is 3. The van der Waals surface area contributed by atoms with Crippen LogP contribution in [0.4, 0.5) is 0 Å². The van der Waals surface area contributed by atoms with Crippen molar-refractivity contribution in [3.8, 4) is 0 Å². The summed E-state index contributed by atoms with van der Waals surface area (Å²) in [6, 6.07) is 0. The summed E-state index contributed by atoms with van der Waals surface area (Å²) in [5.74, 6) is 0.826. The maximum Gasteiger partial charge on any atom is 0.306 e. The van der Waals surface area contributed by atoms with E-state index in [2.05, 4.69) is 34.6 Å². The average Bonchev–Trinajstić information content (AvgIpc) is 3.20. The number of unbranched alkanes of at least 4 members (excludes halogenated alkanes) is 32. The highest BCUT2D eigenvalue weighted by atomic mass is 16.6. The van der Waals surface area contributed by atoms with E-state index >= 15 is 0 Å². The van der Waals surface area contributed by atoms with Crippen LogP contribution in [0.1, 0.15) is 291 Å². The SMILES string of the molecule is CCCCCCCCCCCC(=O)OC[C@@H](COC(=O)CCCCCCCCCCCCCC(C)C)OC(=O)CCCCCCCCCCCCCCCCCC(C)C. The summed E-state index contributed by atoms with van der Waals surface area (Å²) < 4.78 is 16.8. The van der Waals surface area contributed by atoms with E-state index in [-0.39, 0.29) is 31.1 Å². The molecule has 0 saturated carbocycles. The first kappa shape index (κ1) is 57.4. The quantitative estimate of drug-likeness (QED) is 0.0345. The van der Waals surface area contributed by atoms with Crippen LogP contribution in [0.15, 0.2) is 0 Å². The lowest BCUT2D eigenvalue weighted by atomic mass is 10.0. The van der Waals surface area contributed by atoms with Crippen LogP contribution in [0.3, 0.4) is 0 Å². The molecular weight excluding hydrogens is 733 g/mol. The molecular formula is C53H102O6. The lowest BCUT2D eigenvalue weighted by molar-refractivity contribution is -0.167. The zero-order valence-electron chi connectivity index (χ0n) is 40.4. The molecule has 6 heteroatoms. The normalized spacial score (nSPS) is 12.1. The van der Waals surface area contributed by atoms with Gasteiger partial charge in [-0.1, -0.05) is 253 Å². The minimum Gasteiger partial charge on any atom is -0.462 e. The van der Waals surface area contributed by atoms with Crippen molar-refractivity contribution in [2.24, 2.45) is 11.8 Å². The summed E-state index contributed by atoms with van der Waals surface area (Å²) in [5, 5.41) is 0. The third kappa shape index (κ3) is 47.3. The topological polar surface area (TPSA) is 78.9 Å². The van der Waals surface area contributed by atoms with Crippen molar-refractivity contribution >= 4 is 17.9 Å². The Balaban J connectivity index is 4.25. The highest BCUT2D eigenvalue weighted by Gasteiger charge is 2.19. The highest BCUT2D eigenvalue weighted by Crippen LogP contribution is 2.17. The van der Waals surface area contributed by atoms with Crippen LogP contribution in [0.5, 0.6) is 0 Å². The monoisotopic (exact) mass is 835 g/mol. The second kappa shape index (κ2) is 45.9. The van der Waals surface area contributed by atoms with Gasteiger partial charge in [0, 0.05) is 19.3 Å². The van der Waals surface area contributed by atoms with Gasteiger partial charge in [-0.3, -0.25) is 14.4 Å². The summed E-state index contributed by atoms with van der Waals surface area (Å²) in [6.45, 7) is 11.4. The van der Waals surface area contributed by atoms with Crippen molar-refractivity contribution in [3.05, 3.63) is 0 Å². The van der Waals surface area contributed by atoms with Crippen LogP contribution < -0.4 is 0 Å². The maximum absolute atomic E-state index is 12.8. The predicted molar refractivity (Wildman–Crippen MR) is 252 cm³/mol. The Morgan fingerprint density at radius 1 is 0.322 bits per heavy atom. The molecule has 0 bridgehead atoms. The van der Waals surface area contributed by atoms with E-state index in [1.54, 1.807) is 0 Å². The molecule has 0 spiro atoms. The molecule has 0 rings (SSSR count). The van der Waals surface area contributed by atoms with Crippen LogP contribution in [-0.2, 0) is 28.6 Å². The molecule has 0 aliphatic rings. The summed E-state index contributed by atoms with van der Waals surface area (Å²) in [6.07, 6.45) is 46.6. The molecule has 0 aromatic heterocycles.